The molecule has 0 bridgehead atoms. The van der Waals surface area contributed by atoms with Gasteiger partial charge in [-0.3, -0.25) is 0 Å². The first-order valence-electron chi connectivity index (χ1n) is 9.21. The van der Waals surface area contributed by atoms with Crippen LogP contribution in [0.4, 0.5) is 5.69 Å². The highest BCUT2D eigenvalue weighted by Gasteiger charge is 2.31. The summed E-state index contributed by atoms with van der Waals surface area (Å²) in [5.41, 5.74) is 2.86. The predicted molar refractivity (Wildman–Crippen MR) is 112 cm³/mol. The number of hydrogen-bond acceptors (Lipinski definition) is 4. The summed E-state index contributed by atoms with van der Waals surface area (Å²) in [7, 11) is 0. The normalized spacial score (nSPS) is 14.5. The van der Waals surface area contributed by atoms with E-state index >= 15 is 0 Å². The lowest BCUT2D eigenvalue weighted by molar-refractivity contribution is 0.0517. The zero-order valence-corrected chi connectivity index (χ0v) is 17.0. The average Bonchev–Trinajstić information content (AvgIpc) is 3.08. The van der Waals surface area contributed by atoms with Crippen LogP contribution in [0.5, 0.6) is 0 Å². The molecule has 28 heavy (non-hydrogen) atoms. The van der Waals surface area contributed by atoms with Gasteiger partial charge in [0.15, 0.2) is 5.69 Å². The minimum absolute atomic E-state index is 0.284. The van der Waals surface area contributed by atoms with Crippen molar-refractivity contribution in [2.75, 3.05) is 37.8 Å². The molecule has 1 fully saturated rings. The number of ether oxygens (including phenoxy) is 2. The van der Waals surface area contributed by atoms with Crippen LogP contribution in [-0.2, 0) is 9.47 Å². The molecule has 2 aromatic carbocycles. The van der Waals surface area contributed by atoms with Crippen molar-refractivity contribution in [1.82, 2.24) is 4.57 Å². The van der Waals surface area contributed by atoms with Crippen LogP contribution in [0, 0.1) is 0 Å². The molecule has 5 nitrogen and oxygen atoms in total. The molecule has 1 saturated heterocycles. The highest BCUT2D eigenvalue weighted by molar-refractivity contribution is 6.46. The van der Waals surface area contributed by atoms with Gasteiger partial charge >= 0.3 is 5.97 Å². The average molecular weight is 419 g/mol. The summed E-state index contributed by atoms with van der Waals surface area (Å²) in [6.45, 7) is 4.56. The van der Waals surface area contributed by atoms with Crippen LogP contribution in [-0.4, -0.2) is 43.4 Å². The Hall–Kier alpha value is -2.21. The summed E-state index contributed by atoms with van der Waals surface area (Å²) < 4.78 is 12.8. The second-order valence-corrected chi connectivity index (χ2v) is 7.23. The Kier molecular flexibility index (Phi) is 5.49. The number of aromatic nitrogens is 1. The zero-order valence-electron chi connectivity index (χ0n) is 15.5. The molecular weight excluding hydrogens is 399 g/mol. The van der Waals surface area contributed by atoms with Gasteiger partial charge in [0.2, 0.25) is 0 Å². The molecule has 2 heterocycles. The molecule has 0 atom stereocenters. The Labute approximate surface area is 173 Å². The molecule has 0 unspecified atom stereocenters. The summed E-state index contributed by atoms with van der Waals surface area (Å²) in [6.07, 6.45) is 0. The number of halogens is 2. The molecule has 7 heteroatoms. The summed E-state index contributed by atoms with van der Waals surface area (Å²) in [5.74, 6) is -0.392. The number of nitrogens with zero attached hydrogens (tertiary/aromatic N) is 2. The van der Waals surface area contributed by atoms with Gasteiger partial charge in [0.25, 0.3) is 0 Å². The van der Waals surface area contributed by atoms with E-state index in [2.05, 4.69) is 4.90 Å². The number of para-hydroxylation sites is 1. The van der Waals surface area contributed by atoms with Gasteiger partial charge in [0.1, 0.15) is 0 Å². The Bertz CT molecular complexity index is 1010. The lowest BCUT2D eigenvalue weighted by Gasteiger charge is -2.29. The molecule has 3 aromatic rings. The summed E-state index contributed by atoms with van der Waals surface area (Å²) in [6, 6.07) is 13.4. The van der Waals surface area contributed by atoms with Gasteiger partial charge < -0.3 is 18.9 Å². The minimum atomic E-state index is -0.392. The Morgan fingerprint density at radius 1 is 1.11 bits per heavy atom. The molecule has 0 saturated carbocycles. The third-order valence-corrected chi connectivity index (χ3v) is 5.61. The molecule has 1 aliphatic rings. The molecule has 0 spiro atoms. The van der Waals surface area contributed by atoms with E-state index in [0.29, 0.717) is 42.0 Å². The van der Waals surface area contributed by atoms with Crippen LogP contribution in [0.3, 0.4) is 0 Å². The van der Waals surface area contributed by atoms with Crippen molar-refractivity contribution < 1.29 is 14.3 Å². The maximum absolute atomic E-state index is 13.1. The number of esters is 1. The van der Waals surface area contributed by atoms with Gasteiger partial charge in [-0.1, -0.05) is 41.4 Å². The molecule has 4 rings (SSSR count). The van der Waals surface area contributed by atoms with Gasteiger partial charge in [-0.05, 0) is 31.2 Å². The van der Waals surface area contributed by atoms with E-state index in [9.17, 15) is 4.79 Å². The first-order valence-corrected chi connectivity index (χ1v) is 9.96. The van der Waals surface area contributed by atoms with Crippen LogP contribution < -0.4 is 4.90 Å². The highest BCUT2D eigenvalue weighted by Crippen LogP contribution is 2.43. The third-order valence-electron chi connectivity index (χ3n) is 4.81. The number of carbonyl (C=O) groups is 1. The number of rotatable bonds is 4. The van der Waals surface area contributed by atoms with Crippen LogP contribution in [0.15, 0.2) is 42.5 Å². The van der Waals surface area contributed by atoms with Crippen molar-refractivity contribution in [3.63, 3.8) is 0 Å². The van der Waals surface area contributed by atoms with E-state index in [1.54, 1.807) is 13.0 Å². The van der Waals surface area contributed by atoms with Crippen LogP contribution in [0.1, 0.15) is 17.4 Å². The Morgan fingerprint density at radius 2 is 1.82 bits per heavy atom. The van der Waals surface area contributed by atoms with Crippen molar-refractivity contribution in [3.8, 4) is 5.69 Å². The smallest absolute Gasteiger partial charge is 0.357 e. The van der Waals surface area contributed by atoms with Crippen molar-refractivity contribution in [3.05, 3.63) is 58.2 Å². The number of hydrogen-bond donors (Lipinski definition) is 0. The number of benzene rings is 2. The van der Waals surface area contributed by atoms with Gasteiger partial charge in [-0.2, -0.15) is 0 Å². The molecule has 0 aliphatic carbocycles. The van der Waals surface area contributed by atoms with Gasteiger partial charge in [-0.25, -0.2) is 4.79 Å². The fourth-order valence-corrected chi connectivity index (χ4v) is 4.03. The predicted octanol–water partition coefficient (Wildman–Crippen LogP) is 4.95. The summed E-state index contributed by atoms with van der Waals surface area (Å²) >= 11 is 13.0. The van der Waals surface area contributed by atoms with Crippen molar-refractivity contribution in [2.24, 2.45) is 0 Å². The molecule has 0 N–H and O–H groups in total. The van der Waals surface area contributed by atoms with E-state index in [1.165, 1.54) is 0 Å². The molecule has 0 amide bonds. The number of morpholine rings is 1. The SMILES string of the molecule is CCOC(=O)c1c(N2CCOCC2)c2c(Cl)c(Cl)ccc2n1-c1ccccc1. The largest absolute Gasteiger partial charge is 0.461 e. The third kappa shape index (κ3) is 3.24. The monoisotopic (exact) mass is 418 g/mol. The van der Waals surface area contributed by atoms with Crippen molar-refractivity contribution in [2.45, 2.75) is 6.92 Å². The maximum Gasteiger partial charge on any atom is 0.357 e. The lowest BCUT2D eigenvalue weighted by Crippen LogP contribution is -2.37. The molecule has 1 aliphatic heterocycles. The molecular formula is C21H20Cl2N2O3. The van der Waals surface area contributed by atoms with E-state index in [1.807, 2.05) is 41.0 Å². The molecule has 1 aromatic heterocycles. The number of carbonyl (C=O) groups excluding carboxylic acids is 1. The first kappa shape index (κ1) is 19.1. The molecule has 0 radical (unpaired) electrons. The van der Waals surface area contributed by atoms with E-state index < -0.39 is 5.97 Å². The fraction of sp³-hybridized carbons (Fsp3) is 0.286. The van der Waals surface area contributed by atoms with Crippen molar-refractivity contribution in [1.29, 1.82) is 0 Å². The van der Waals surface area contributed by atoms with E-state index in [0.717, 1.165) is 22.3 Å². The fourth-order valence-electron chi connectivity index (χ4n) is 3.62. The molecule has 146 valence electrons. The van der Waals surface area contributed by atoms with E-state index in [4.69, 9.17) is 32.7 Å². The lowest BCUT2D eigenvalue weighted by atomic mass is 10.2. The van der Waals surface area contributed by atoms with Crippen LogP contribution in [0.2, 0.25) is 10.0 Å². The van der Waals surface area contributed by atoms with Crippen LogP contribution >= 0.6 is 23.2 Å². The van der Waals surface area contributed by atoms with Crippen molar-refractivity contribution >= 4 is 45.8 Å². The second-order valence-electron chi connectivity index (χ2n) is 6.44. The van der Waals surface area contributed by atoms with Crippen LogP contribution in [0.25, 0.3) is 16.6 Å². The van der Waals surface area contributed by atoms with Gasteiger partial charge in [0, 0.05) is 24.2 Å². The summed E-state index contributed by atoms with van der Waals surface area (Å²) in [5, 5.41) is 1.63. The first-order chi connectivity index (χ1) is 13.6. The number of anilines is 1. The topological polar surface area (TPSA) is 43.7 Å². The zero-order chi connectivity index (χ0) is 19.7. The standard InChI is InChI=1S/C21H20Cl2N2O3/c1-2-28-21(26)20-19(24-10-12-27-13-11-24)17-16(9-8-15(22)18(17)23)25(20)14-6-4-3-5-7-14/h3-9H,2,10-13H2,1H3. The quantitative estimate of drug-likeness (QED) is 0.562. The summed E-state index contributed by atoms with van der Waals surface area (Å²) in [4.78, 5) is 15.2. The van der Waals surface area contributed by atoms with Gasteiger partial charge in [-0.15, -0.1) is 0 Å². The highest BCUT2D eigenvalue weighted by atomic mass is 35.5. The Morgan fingerprint density at radius 3 is 2.50 bits per heavy atom. The Balaban J connectivity index is 2.10. The number of fused-ring (bicyclic) bond motifs is 1. The minimum Gasteiger partial charge on any atom is -0.461 e. The van der Waals surface area contributed by atoms with E-state index in [-0.39, 0.29) is 6.61 Å². The maximum atomic E-state index is 13.1. The second kappa shape index (κ2) is 8.03. The van der Waals surface area contributed by atoms with Gasteiger partial charge in [0.05, 0.1) is 41.1 Å².